The highest BCUT2D eigenvalue weighted by Gasteiger charge is 2.27. The second-order valence-electron chi connectivity index (χ2n) is 4.97. The average molecular weight is 251 g/mol. The predicted octanol–water partition coefficient (Wildman–Crippen LogP) is 2.52. The first-order valence-electron chi connectivity index (χ1n) is 6.51. The molecule has 1 aromatic carbocycles. The van der Waals surface area contributed by atoms with Crippen LogP contribution >= 0.6 is 0 Å². The first kappa shape index (κ1) is 15.0. The fraction of sp³-hybridized carbons (Fsp3) is 0.600. The van der Waals surface area contributed by atoms with Crippen molar-refractivity contribution < 1.29 is 9.84 Å². The van der Waals surface area contributed by atoms with Crippen molar-refractivity contribution in [1.82, 2.24) is 5.32 Å². The molecule has 0 spiro atoms. The number of aliphatic hydroxyl groups is 1. The van der Waals surface area contributed by atoms with E-state index in [4.69, 9.17) is 4.74 Å². The number of methoxy groups -OCH3 is 1. The monoisotopic (exact) mass is 251 g/mol. The molecule has 0 bridgehead atoms. The summed E-state index contributed by atoms with van der Waals surface area (Å²) in [4.78, 5) is 0. The first-order chi connectivity index (χ1) is 8.44. The second-order valence-corrected chi connectivity index (χ2v) is 4.97. The summed E-state index contributed by atoms with van der Waals surface area (Å²) in [6.07, 6.45) is 0.666. The molecule has 3 nitrogen and oxygen atoms in total. The van der Waals surface area contributed by atoms with Gasteiger partial charge in [0.25, 0.3) is 0 Å². The van der Waals surface area contributed by atoms with Crippen LogP contribution in [0.5, 0.6) is 5.75 Å². The maximum atomic E-state index is 10.6. The van der Waals surface area contributed by atoms with Crippen molar-refractivity contribution in [2.75, 3.05) is 20.2 Å². The van der Waals surface area contributed by atoms with E-state index in [1.54, 1.807) is 7.11 Å². The van der Waals surface area contributed by atoms with Crippen LogP contribution in [0.15, 0.2) is 12.1 Å². The van der Waals surface area contributed by atoms with E-state index in [0.717, 1.165) is 30.0 Å². The molecule has 0 saturated heterocycles. The number of ether oxygens (including phenoxy) is 1. The Morgan fingerprint density at radius 2 is 2.00 bits per heavy atom. The van der Waals surface area contributed by atoms with Gasteiger partial charge in [-0.2, -0.15) is 0 Å². The van der Waals surface area contributed by atoms with Gasteiger partial charge in [0.1, 0.15) is 5.75 Å². The Bertz CT molecular complexity index is 400. The maximum Gasteiger partial charge on any atom is 0.128 e. The van der Waals surface area contributed by atoms with E-state index in [1.165, 1.54) is 5.56 Å². The number of nitrogens with one attached hydrogen (secondary N) is 1. The summed E-state index contributed by atoms with van der Waals surface area (Å²) in [6.45, 7) is 9.69. The number of hydrogen-bond donors (Lipinski definition) is 2. The summed E-state index contributed by atoms with van der Waals surface area (Å²) >= 11 is 0. The molecule has 2 N–H and O–H groups in total. The molecule has 0 aliphatic carbocycles. The Morgan fingerprint density at radius 3 is 2.56 bits per heavy atom. The molecule has 0 aromatic heterocycles. The number of benzene rings is 1. The van der Waals surface area contributed by atoms with Gasteiger partial charge in [0, 0.05) is 5.56 Å². The largest absolute Gasteiger partial charge is 0.496 e. The van der Waals surface area contributed by atoms with Crippen molar-refractivity contribution in [2.24, 2.45) is 0 Å². The van der Waals surface area contributed by atoms with Gasteiger partial charge in [-0.3, -0.25) is 0 Å². The van der Waals surface area contributed by atoms with E-state index in [2.05, 4.69) is 19.2 Å². The van der Waals surface area contributed by atoms with Gasteiger partial charge in [-0.25, -0.2) is 0 Å². The van der Waals surface area contributed by atoms with Crippen molar-refractivity contribution in [3.05, 3.63) is 28.8 Å². The minimum atomic E-state index is -0.869. The molecule has 1 aromatic rings. The third kappa shape index (κ3) is 3.24. The normalized spacial score (nSPS) is 14.3. The average Bonchev–Trinajstić information content (AvgIpc) is 2.32. The molecule has 0 amide bonds. The summed E-state index contributed by atoms with van der Waals surface area (Å²) in [5, 5.41) is 13.9. The minimum absolute atomic E-state index is 0.666. The van der Waals surface area contributed by atoms with Crippen molar-refractivity contribution in [3.63, 3.8) is 0 Å². The van der Waals surface area contributed by atoms with Crippen LogP contribution in [0.25, 0.3) is 0 Å². The first-order valence-corrected chi connectivity index (χ1v) is 6.51. The molecule has 18 heavy (non-hydrogen) atoms. The third-order valence-corrected chi connectivity index (χ3v) is 3.50. The van der Waals surface area contributed by atoms with Crippen LogP contribution in [0.4, 0.5) is 0 Å². The lowest BCUT2D eigenvalue weighted by molar-refractivity contribution is 0.0455. The van der Waals surface area contributed by atoms with Gasteiger partial charge in [-0.15, -0.1) is 0 Å². The molecule has 0 aliphatic rings. The molecule has 0 radical (unpaired) electrons. The van der Waals surface area contributed by atoms with Crippen LogP contribution in [-0.2, 0) is 5.60 Å². The van der Waals surface area contributed by atoms with Gasteiger partial charge in [-0.1, -0.05) is 19.1 Å². The highest BCUT2D eigenvalue weighted by molar-refractivity contribution is 5.47. The van der Waals surface area contributed by atoms with E-state index >= 15 is 0 Å². The van der Waals surface area contributed by atoms with Crippen LogP contribution < -0.4 is 10.1 Å². The van der Waals surface area contributed by atoms with Gasteiger partial charge >= 0.3 is 0 Å². The Morgan fingerprint density at radius 1 is 1.33 bits per heavy atom. The molecule has 102 valence electrons. The highest BCUT2D eigenvalue weighted by atomic mass is 16.5. The molecule has 1 unspecified atom stereocenters. The molecule has 0 heterocycles. The summed E-state index contributed by atoms with van der Waals surface area (Å²) < 4.78 is 5.47. The Kier molecular flexibility index (Phi) is 5.17. The predicted molar refractivity (Wildman–Crippen MR) is 75.2 cm³/mol. The van der Waals surface area contributed by atoms with Crippen LogP contribution in [0.1, 0.15) is 37.0 Å². The zero-order chi connectivity index (χ0) is 13.8. The molecule has 0 saturated carbocycles. The minimum Gasteiger partial charge on any atom is -0.496 e. The van der Waals surface area contributed by atoms with Crippen molar-refractivity contribution in [2.45, 2.75) is 39.7 Å². The van der Waals surface area contributed by atoms with Crippen LogP contribution in [0, 0.1) is 13.8 Å². The summed E-state index contributed by atoms with van der Waals surface area (Å²) in [5.41, 5.74) is 2.27. The van der Waals surface area contributed by atoms with E-state index in [9.17, 15) is 5.11 Å². The number of rotatable bonds is 6. The lowest BCUT2D eigenvalue weighted by atomic mass is 9.89. The molecule has 3 heteroatoms. The molecular weight excluding hydrogens is 226 g/mol. The summed E-state index contributed by atoms with van der Waals surface area (Å²) in [6, 6.07) is 4.00. The Hall–Kier alpha value is -1.06. The molecular formula is C15H25NO2. The topological polar surface area (TPSA) is 41.5 Å². The molecule has 1 atom stereocenters. The summed E-state index contributed by atoms with van der Waals surface area (Å²) in [7, 11) is 1.66. The zero-order valence-corrected chi connectivity index (χ0v) is 12.1. The highest BCUT2D eigenvalue weighted by Crippen LogP contribution is 2.35. The van der Waals surface area contributed by atoms with E-state index in [-0.39, 0.29) is 0 Å². The Labute approximate surface area is 110 Å². The SMILES string of the molecule is CCNCCC(C)(O)c1ccc(C)c(C)c1OC. The number of hydrogen-bond acceptors (Lipinski definition) is 3. The van der Waals surface area contributed by atoms with Gasteiger partial charge in [-0.05, 0) is 51.4 Å². The zero-order valence-electron chi connectivity index (χ0n) is 12.1. The van der Waals surface area contributed by atoms with Crippen LogP contribution in [-0.4, -0.2) is 25.3 Å². The van der Waals surface area contributed by atoms with Gasteiger partial charge in [0.2, 0.25) is 0 Å². The van der Waals surface area contributed by atoms with Crippen LogP contribution in [0.3, 0.4) is 0 Å². The molecule has 0 aliphatic heterocycles. The van der Waals surface area contributed by atoms with Crippen molar-refractivity contribution in [1.29, 1.82) is 0 Å². The van der Waals surface area contributed by atoms with Crippen molar-refractivity contribution in [3.8, 4) is 5.75 Å². The van der Waals surface area contributed by atoms with Crippen LogP contribution in [0.2, 0.25) is 0 Å². The van der Waals surface area contributed by atoms with Gasteiger partial charge < -0.3 is 15.2 Å². The standard InChI is InChI=1S/C15H25NO2/c1-6-16-10-9-15(4,17)13-8-7-11(2)12(3)14(13)18-5/h7-8,16-17H,6,9-10H2,1-5H3. The summed E-state index contributed by atoms with van der Waals surface area (Å²) in [5.74, 6) is 0.802. The second kappa shape index (κ2) is 6.21. The maximum absolute atomic E-state index is 10.6. The quantitative estimate of drug-likeness (QED) is 0.763. The smallest absolute Gasteiger partial charge is 0.128 e. The van der Waals surface area contributed by atoms with Crippen molar-refractivity contribution >= 4 is 0 Å². The third-order valence-electron chi connectivity index (χ3n) is 3.50. The van der Waals surface area contributed by atoms with Gasteiger partial charge in [0.15, 0.2) is 0 Å². The van der Waals surface area contributed by atoms with E-state index < -0.39 is 5.60 Å². The van der Waals surface area contributed by atoms with Gasteiger partial charge in [0.05, 0.1) is 12.7 Å². The lowest BCUT2D eigenvalue weighted by Gasteiger charge is -2.27. The fourth-order valence-electron chi connectivity index (χ4n) is 2.12. The Balaban J connectivity index is 3.04. The molecule has 0 fully saturated rings. The van der Waals surface area contributed by atoms with E-state index in [1.807, 2.05) is 26.0 Å². The molecule has 1 rings (SSSR count). The fourth-order valence-corrected chi connectivity index (χ4v) is 2.12. The van der Waals surface area contributed by atoms with E-state index in [0.29, 0.717) is 6.42 Å². The number of aryl methyl sites for hydroxylation is 1. The lowest BCUT2D eigenvalue weighted by Crippen LogP contribution is -2.28.